The monoisotopic (exact) mass is 247 g/mol. The number of fused-ring (bicyclic) bond motifs is 1. The Balaban J connectivity index is 3.06. The summed E-state index contributed by atoms with van der Waals surface area (Å²) in [5, 5.41) is 9.41. The molecule has 2 rings (SSSR count). The van der Waals surface area contributed by atoms with Crippen molar-refractivity contribution >= 4 is 16.9 Å². The van der Waals surface area contributed by atoms with Gasteiger partial charge in [0.25, 0.3) is 0 Å². The number of carboxylic acid groups (broad SMARTS) is 1. The van der Waals surface area contributed by atoms with Crippen LogP contribution in [0.2, 0.25) is 0 Å². The molecule has 0 atom stereocenters. The zero-order valence-corrected chi connectivity index (χ0v) is 10.4. The van der Waals surface area contributed by atoms with Crippen LogP contribution in [-0.4, -0.2) is 22.8 Å². The topological polar surface area (TPSA) is 68.5 Å². The maximum atomic E-state index is 12.2. The summed E-state index contributed by atoms with van der Waals surface area (Å²) in [7, 11) is 3.20. The van der Waals surface area contributed by atoms with Crippen LogP contribution >= 0.6 is 0 Å². The number of hydrogen-bond acceptors (Lipinski definition) is 3. The minimum Gasteiger partial charge on any atom is -0.495 e. The SMILES string of the molecule is COc1ccc(C)c2c(=O)c(C(=O)O)cn(C)c12. The highest BCUT2D eigenvalue weighted by Gasteiger charge is 2.17. The van der Waals surface area contributed by atoms with Crippen molar-refractivity contribution in [3.63, 3.8) is 0 Å². The van der Waals surface area contributed by atoms with Crippen LogP contribution in [0.25, 0.3) is 10.9 Å². The Morgan fingerprint density at radius 1 is 1.39 bits per heavy atom. The molecule has 1 aromatic heterocycles. The molecule has 0 bridgehead atoms. The number of benzene rings is 1. The van der Waals surface area contributed by atoms with Gasteiger partial charge in [-0.2, -0.15) is 0 Å². The van der Waals surface area contributed by atoms with Crippen molar-refractivity contribution in [2.24, 2.45) is 7.05 Å². The number of rotatable bonds is 2. The highest BCUT2D eigenvalue weighted by Crippen LogP contribution is 2.25. The molecule has 0 aliphatic heterocycles. The van der Waals surface area contributed by atoms with Gasteiger partial charge in [-0.25, -0.2) is 4.79 Å². The lowest BCUT2D eigenvalue weighted by molar-refractivity contribution is 0.0695. The minimum absolute atomic E-state index is 0.235. The number of aryl methyl sites for hydroxylation is 2. The molecule has 94 valence electrons. The zero-order valence-electron chi connectivity index (χ0n) is 10.4. The lowest BCUT2D eigenvalue weighted by atomic mass is 10.1. The average Bonchev–Trinajstić information content (AvgIpc) is 2.33. The van der Waals surface area contributed by atoms with Crippen molar-refractivity contribution < 1.29 is 14.6 Å². The van der Waals surface area contributed by atoms with Crippen LogP contribution in [0.5, 0.6) is 5.75 Å². The van der Waals surface area contributed by atoms with Gasteiger partial charge in [-0.1, -0.05) is 6.07 Å². The summed E-state index contributed by atoms with van der Waals surface area (Å²) in [6.45, 7) is 1.77. The number of nitrogens with zero attached hydrogens (tertiary/aromatic N) is 1. The largest absolute Gasteiger partial charge is 0.495 e. The summed E-state index contributed by atoms with van der Waals surface area (Å²) in [4.78, 5) is 23.2. The molecule has 2 aromatic rings. The van der Waals surface area contributed by atoms with Crippen LogP contribution in [0, 0.1) is 6.92 Å². The summed E-state index contributed by atoms with van der Waals surface area (Å²) in [6, 6.07) is 3.51. The Labute approximate surface area is 103 Å². The number of methoxy groups -OCH3 is 1. The Morgan fingerprint density at radius 2 is 2.06 bits per heavy atom. The lowest BCUT2D eigenvalue weighted by Crippen LogP contribution is -2.19. The molecular weight excluding hydrogens is 234 g/mol. The zero-order chi connectivity index (χ0) is 13.4. The molecule has 1 N–H and O–H groups in total. The molecule has 0 saturated heterocycles. The fourth-order valence-corrected chi connectivity index (χ4v) is 2.08. The van der Waals surface area contributed by atoms with E-state index >= 15 is 0 Å². The number of ether oxygens (including phenoxy) is 1. The van der Waals surface area contributed by atoms with E-state index in [0.29, 0.717) is 16.7 Å². The third-order valence-electron chi connectivity index (χ3n) is 2.95. The molecule has 0 unspecified atom stereocenters. The second kappa shape index (κ2) is 4.18. The summed E-state index contributed by atoms with van der Waals surface area (Å²) >= 11 is 0. The molecule has 0 saturated carbocycles. The average molecular weight is 247 g/mol. The number of aromatic carboxylic acids is 1. The number of carboxylic acids is 1. The van der Waals surface area contributed by atoms with Crippen molar-refractivity contribution in [3.05, 3.63) is 39.7 Å². The summed E-state index contributed by atoms with van der Waals surface area (Å²) in [5.41, 5.74) is 0.621. The maximum Gasteiger partial charge on any atom is 0.341 e. The van der Waals surface area contributed by atoms with Gasteiger partial charge in [0, 0.05) is 13.2 Å². The molecule has 0 aliphatic rings. The molecule has 0 fully saturated rings. The number of aromatic nitrogens is 1. The third-order valence-corrected chi connectivity index (χ3v) is 2.95. The number of hydrogen-bond donors (Lipinski definition) is 1. The molecule has 5 heteroatoms. The Bertz CT molecular complexity index is 700. The maximum absolute atomic E-state index is 12.2. The van der Waals surface area contributed by atoms with E-state index in [1.807, 2.05) is 0 Å². The third kappa shape index (κ3) is 1.64. The van der Waals surface area contributed by atoms with Crippen molar-refractivity contribution in [2.75, 3.05) is 7.11 Å². The molecule has 0 radical (unpaired) electrons. The number of pyridine rings is 1. The summed E-state index contributed by atoms with van der Waals surface area (Å²) in [6.07, 6.45) is 1.31. The van der Waals surface area contributed by atoms with Gasteiger partial charge >= 0.3 is 5.97 Å². The predicted octanol–water partition coefficient (Wildman–Crippen LogP) is 1.55. The van der Waals surface area contributed by atoms with E-state index in [0.717, 1.165) is 5.56 Å². The Morgan fingerprint density at radius 3 is 2.61 bits per heavy atom. The lowest BCUT2D eigenvalue weighted by Gasteiger charge is -2.12. The normalized spacial score (nSPS) is 10.6. The Hall–Kier alpha value is -2.30. The summed E-state index contributed by atoms with van der Waals surface area (Å²) < 4.78 is 6.81. The van der Waals surface area contributed by atoms with Crippen LogP contribution in [0.4, 0.5) is 0 Å². The van der Waals surface area contributed by atoms with Gasteiger partial charge in [-0.15, -0.1) is 0 Å². The van der Waals surface area contributed by atoms with Crippen LogP contribution in [-0.2, 0) is 7.05 Å². The fraction of sp³-hybridized carbons (Fsp3) is 0.231. The van der Waals surface area contributed by atoms with E-state index in [9.17, 15) is 9.59 Å². The first kappa shape index (κ1) is 12.2. The second-order valence-corrected chi connectivity index (χ2v) is 4.10. The van der Waals surface area contributed by atoms with Crippen molar-refractivity contribution in [1.29, 1.82) is 0 Å². The molecule has 0 aliphatic carbocycles. The molecule has 1 heterocycles. The van der Waals surface area contributed by atoms with Gasteiger partial charge in [-0.05, 0) is 18.6 Å². The van der Waals surface area contributed by atoms with Gasteiger partial charge in [0.2, 0.25) is 5.43 Å². The van der Waals surface area contributed by atoms with Gasteiger partial charge in [0.1, 0.15) is 11.3 Å². The van der Waals surface area contributed by atoms with Crippen LogP contribution in [0.1, 0.15) is 15.9 Å². The number of carbonyl (C=O) groups is 1. The molecule has 18 heavy (non-hydrogen) atoms. The molecule has 1 aromatic carbocycles. The smallest absolute Gasteiger partial charge is 0.341 e. The van der Waals surface area contributed by atoms with E-state index in [4.69, 9.17) is 9.84 Å². The summed E-state index contributed by atoms with van der Waals surface area (Å²) in [5.74, 6) is -0.674. The standard InChI is InChI=1S/C13H13NO4/c1-7-4-5-9(18-3)11-10(7)12(15)8(13(16)17)6-14(11)2/h4-6H,1-3H3,(H,16,17). The molecule has 0 spiro atoms. The van der Waals surface area contributed by atoms with Crippen molar-refractivity contribution in [1.82, 2.24) is 4.57 Å². The van der Waals surface area contributed by atoms with E-state index in [1.54, 1.807) is 30.7 Å². The quantitative estimate of drug-likeness (QED) is 0.874. The van der Waals surface area contributed by atoms with Gasteiger partial charge in [0.15, 0.2) is 0 Å². The van der Waals surface area contributed by atoms with E-state index in [-0.39, 0.29) is 5.56 Å². The first-order valence-corrected chi connectivity index (χ1v) is 5.37. The molecule has 5 nitrogen and oxygen atoms in total. The first-order valence-electron chi connectivity index (χ1n) is 5.37. The predicted molar refractivity (Wildman–Crippen MR) is 67.4 cm³/mol. The fourth-order valence-electron chi connectivity index (χ4n) is 2.08. The van der Waals surface area contributed by atoms with Crippen LogP contribution in [0.15, 0.2) is 23.1 Å². The minimum atomic E-state index is -1.22. The Kier molecular flexibility index (Phi) is 2.82. The van der Waals surface area contributed by atoms with Gasteiger partial charge < -0.3 is 14.4 Å². The molecular formula is C13H13NO4. The van der Waals surface area contributed by atoms with Crippen molar-refractivity contribution in [2.45, 2.75) is 6.92 Å². The van der Waals surface area contributed by atoms with Crippen molar-refractivity contribution in [3.8, 4) is 5.75 Å². The highest BCUT2D eigenvalue weighted by molar-refractivity contribution is 5.95. The van der Waals surface area contributed by atoms with E-state index < -0.39 is 11.4 Å². The van der Waals surface area contributed by atoms with E-state index in [1.165, 1.54) is 13.3 Å². The van der Waals surface area contributed by atoms with E-state index in [2.05, 4.69) is 0 Å². The van der Waals surface area contributed by atoms with Crippen LogP contribution < -0.4 is 10.2 Å². The second-order valence-electron chi connectivity index (χ2n) is 4.10. The first-order chi connectivity index (χ1) is 8.47. The molecule has 0 amide bonds. The van der Waals surface area contributed by atoms with Crippen LogP contribution in [0.3, 0.4) is 0 Å². The van der Waals surface area contributed by atoms with Gasteiger partial charge in [-0.3, -0.25) is 4.79 Å². The highest BCUT2D eigenvalue weighted by atomic mass is 16.5. The van der Waals surface area contributed by atoms with Gasteiger partial charge in [0.05, 0.1) is 18.0 Å².